The second kappa shape index (κ2) is 7.78. The highest BCUT2D eigenvalue weighted by atomic mass is 32.2. The van der Waals surface area contributed by atoms with Crippen LogP contribution in [0.5, 0.6) is 0 Å². The normalized spacial score (nSPS) is 10.7. The second-order valence-corrected chi connectivity index (χ2v) is 6.69. The van der Waals surface area contributed by atoms with Crippen LogP contribution in [0.4, 0.5) is 10.7 Å². The van der Waals surface area contributed by atoms with Gasteiger partial charge in [-0.15, -0.1) is 23.1 Å². The minimum atomic E-state index is -0.0120. The third-order valence-electron chi connectivity index (χ3n) is 2.96. The first kappa shape index (κ1) is 17.2. The molecular formula is C14H25N3OS2. The van der Waals surface area contributed by atoms with Crippen molar-refractivity contribution in [1.82, 2.24) is 4.90 Å². The van der Waals surface area contributed by atoms with Crippen molar-refractivity contribution in [3.63, 3.8) is 0 Å². The number of anilines is 2. The molecule has 2 N–H and O–H groups in total. The van der Waals surface area contributed by atoms with Gasteiger partial charge in [-0.05, 0) is 19.1 Å². The Labute approximate surface area is 130 Å². The first-order valence-electron chi connectivity index (χ1n) is 6.90. The largest absolute Gasteiger partial charge is 0.396 e. The van der Waals surface area contributed by atoms with Crippen LogP contribution in [-0.4, -0.2) is 44.2 Å². The molecular weight excluding hydrogens is 290 g/mol. The lowest BCUT2D eigenvalue weighted by Crippen LogP contribution is -2.24. The fraction of sp³-hybridized carbons (Fsp3) is 0.643. The summed E-state index contributed by atoms with van der Waals surface area (Å²) in [6.45, 7) is 6.34. The van der Waals surface area contributed by atoms with Crippen LogP contribution in [0.1, 0.15) is 36.4 Å². The van der Waals surface area contributed by atoms with Gasteiger partial charge >= 0.3 is 0 Å². The molecule has 1 amide bonds. The third kappa shape index (κ3) is 3.61. The van der Waals surface area contributed by atoms with E-state index in [4.69, 9.17) is 5.73 Å². The Bertz CT molecular complexity index is 452. The minimum absolute atomic E-state index is 0.0120. The monoisotopic (exact) mass is 315 g/mol. The lowest BCUT2D eigenvalue weighted by molar-refractivity contribution is 0.0833. The number of hydrogen-bond donors (Lipinski definition) is 1. The van der Waals surface area contributed by atoms with E-state index in [2.05, 4.69) is 18.7 Å². The molecule has 0 bridgehead atoms. The molecule has 0 aliphatic carbocycles. The molecule has 0 fully saturated rings. The summed E-state index contributed by atoms with van der Waals surface area (Å²) >= 11 is 3.15. The summed E-state index contributed by atoms with van der Waals surface area (Å²) < 4.78 is 0. The Kier molecular flexibility index (Phi) is 6.68. The van der Waals surface area contributed by atoms with Gasteiger partial charge in [0.2, 0.25) is 0 Å². The molecule has 1 aromatic heterocycles. The van der Waals surface area contributed by atoms with Crippen molar-refractivity contribution in [3.8, 4) is 0 Å². The summed E-state index contributed by atoms with van der Waals surface area (Å²) in [6.07, 6.45) is 4.19. The van der Waals surface area contributed by atoms with E-state index < -0.39 is 0 Å². The smallest absolute Gasteiger partial charge is 0.265 e. The van der Waals surface area contributed by atoms with E-state index in [0.717, 1.165) is 35.8 Å². The van der Waals surface area contributed by atoms with Crippen LogP contribution in [0.25, 0.3) is 0 Å². The van der Waals surface area contributed by atoms with Crippen molar-refractivity contribution < 1.29 is 4.79 Å². The van der Waals surface area contributed by atoms with E-state index in [9.17, 15) is 4.79 Å². The van der Waals surface area contributed by atoms with Gasteiger partial charge in [-0.25, -0.2) is 0 Å². The molecule has 4 nitrogen and oxygen atoms in total. The summed E-state index contributed by atoms with van der Waals surface area (Å²) in [5.41, 5.74) is 6.83. The molecule has 1 heterocycles. The summed E-state index contributed by atoms with van der Waals surface area (Å²) in [7, 11) is 3.52. The highest BCUT2D eigenvalue weighted by Gasteiger charge is 2.24. The summed E-state index contributed by atoms with van der Waals surface area (Å²) in [5, 5.41) is 1.14. The number of carbonyl (C=O) groups excluding carboxylic acids is 1. The van der Waals surface area contributed by atoms with Gasteiger partial charge in [0, 0.05) is 27.2 Å². The zero-order chi connectivity index (χ0) is 15.3. The molecule has 0 aromatic carbocycles. The maximum atomic E-state index is 12.2. The molecule has 114 valence electrons. The predicted octanol–water partition coefficient (Wildman–Crippen LogP) is 3.38. The van der Waals surface area contributed by atoms with E-state index in [1.54, 1.807) is 30.8 Å². The molecule has 0 saturated carbocycles. The zero-order valence-electron chi connectivity index (χ0n) is 13.0. The summed E-state index contributed by atoms with van der Waals surface area (Å²) in [4.78, 5) is 17.8. The lowest BCUT2D eigenvalue weighted by Gasteiger charge is -2.23. The number of thiophene rings is 1. The molecule has 0 unspecified atom stereocenters. The van der Waals surface area contributed by atoms with Gasteiger partial charge in [0.05, 0.1) is 10.6 Å². The standard InChI is InChI=1S/C14H25N3OS2/c1-6-8-17(9-7-2)14-12(19-5)10(15)11(20-14)13(18)16(3)4/h6-9,15H2,1-5H3. The van der Waals surface area contributed by atoms with Gasteiger partial charge in [-0.2, -0.15) is 0 Å². The number of nitrogen functional groups attached to an aromatic ring is 1. The summed E-state index contributed by atoms with van der Waals surface area (Å²) in [6, 6.07) is 0. The molecule has 0 spiro atoms. The van der Waals surface area contributed by atoms with Crippen LogP contribution in [0.3, 0.4) is 0 Å². The number of rotatable bonds is 7. The van der Waals surface area contributed by atoms with Crippen molar-refractivity contribution in [2.45, 2.75) is 31.6 Å². The predicted molar refractivity (Wildman–Crippen MR) is 91.3 cm³/mol. The third-order valence-corrected chi connectivity index (χ3v) is 5.17. The number of amides is 1. The van der Waals surface area contributed by atoms with E-state index in [1.165, 1.54) is 11.3 Å². The van der Waals surface area contributed by atoms with Crippen LogP contribution in [0, 0.1) is 0 Å². The molecule has 0 aliphatic rings. The Balaban J connectivity index is 3.24. The topological polar surface area (TPSA) is 49.6 Å². The fourth-order valence-electron chi connectivity index (χ4n) is 2.04. The van der Waals surface area contributed by atoms with E-state index >= 15 is 0 Å². The average molecular weight is 316 g/mol. The molecule has 0 atom stereocenters. The Morgan fingerprint density at radius 1 is 1.25 bits per heavy atom. The van der Waals surface area contributed by atoms with Crippen molar-refractivity contribution >= 4 is 39.7 Å². The first-order valence-corrected chi connectivity index (χ1v) is 8.94. The maximum absolute atomic E-state index is 12.2. The molecule has 0 saturated heterocycles. The van der Waals surface area contributed by atoms with Crippen molar-refractivity contribution in [1.29, 1.82) is 0 Å². The average Bonchev–Trinajstić information content (AvgIpc) is 2.74. The van der Waals surface area contributed by atoms with Gasteiger partial charge in [-0.3, -0.25) is 4.79 Å². The van der Waals surface area contributed by atoms with Crippen LogP contribution in [-0.2, 0) is 0 Å². The van der Waals surface area contributed by atoms with E-state index in [0.29, 0.717) is 10.6 Å². The van der Waals surface area contributed by atoms with Crippen molar-refractivity contribution in [3.05, 3.63) is 4.88 Å². The maximum Gasteiger partial charge on any atom is 0.265 e. The van der Waals surface area contributed by atoms with Crippen LogP contribution in [0.15, 0.2) is 4.90 Å². The van der Waals surface area contributed by atoms with Gasteiger partial charge in [0.25, 0.3) is 5.91 Å². The number of nitrogens with two attached hydrogens (primary N) is 1. The molecule has 20 heavy (non-hydrogen) atoms. The molecule has 0 aliphatic heterocycles. The quantitative estimate of drug-likeness (QED) is 0.784. The van der Waals surface area contributed by atoms with Gasteiger partial charge < -0.3 is 15.5 Å². The Morgan fingerprint density at radius 3 is 2.20 bits per heavy atom. The van der Waals surface area contributed by atoms with E-state index in [1.807, 2.05) is 6.26 Å². The Hall–Kier alpha value is -0.880. The molecule has 1 rings (SSSR count). The SMILES string of the molecule is CCCN(CCC)c1sc(C(=O)N(C)C)c(N)c1SC. The lowest BCUT2D eigenvalue weighted by atomic mass is 10.3. The number of carbonyl (C=O) groups is 1. The van der Waals surface area contributed by atoms with Crippen LogP contribution in [0.2, 0.25) is 0 Å². The minimum Gasteiger partial charge on any atom is -0.396 e. The van der Waals surface area contributed by atoms with Crippen LogP contribution >= 0.6 is 23.1 Å². The second-order valence-electron chi connectivity index (χ2n) is 4.87. The van der Waals surface area contributed by atoms with Crippen molar-refractivity contribution in [2.24, 2.45) is 0 Å². The fourth-order valence-corrected chi connectivity index (χ4v) is 4.29. The van der Waals surface area contributed by atoms with Gasteiger partial charge in [-0.1, -0.05) is 13.8 Å². The molecule has 1 aromatic rings. The highest BCUT2D eigenvalue weighted by molar-refractivity contribution is 7.99. The molecule has 0 radical (unpaired) electrons. The van der Waals surface area contributed by atoms with Gasteiger partial charge in [0.15, 0.2) is 0 Å². The van der Waals surface area contributed by atoms with Crippen LogP contribution < -0.4 is 10.6 Å². The number of hydrogen-bond acceptors (Lipinski definition) is 5. The number of nitrogens with zero attached hydrogens (tertiary/aromatic N) is 2. The molecule has 6 heteroatoms. The summed E-state index contributed by atoms with van der Waals surface area (Å²) in [5.74, 6) is -0.0120. The zero-order valence-corrected chi connectivity index (χ0v) is 14.7. The van der Waals surface area contributed by atoms with Crippen molar-refractivity contribution in [2.75, 3.05) is 44.1 Å². The van der Waals surface area contributed by atoms with E-state index in [-0.39, 0.29) is 5.91 Å². The Morgan fingerprint density at radius 2 is 1.80 bits per heavy atom. The number of thioether (sulfide) groups is 1. The van der Waals surface area contributed by atoms with Gasteiger partial charge in [0.1, 0.15) is 9.88 Å². The highest BCUT2D eigenvalue weighted by Crippen LogP contribution is 2.44. The first-order chi connectivity index (χ1) is 9.47.